The second kappa shape index (κ2) is 6.12. The van der Waals surface area contributed by atoms with E-state index in [9.17, 15) is 4.39 Å². The molecular weight excluding hydrogens is 247 g/mol. The first-order valence-electron chi connectivity index (χ1n) is 6.18. The summed E-state index contributed by atoms with van der Waals surface area (Å²) in [5.74, 6) is 0.175. The molecule has 0 saturated heterocycles. The minimum atomic E-state index is -0.456. The van der Waals surface area contributed by atoms with Gasteiger partial charge in [0.05, 0.1) is 11.9 Å². The zero-order valence-electron chi connectivity index (χ0n) is 11.0. The molecule has 102 valence electrons. The third-order valence-corrected chi connectivity index (χ3v) is 2.52. The van der Waals surface area contributed by atoms with Crippen molar-refractivity contribution in [3.05, 3.63) is 30.0 Å². The summed E-state index contributed by atoms with van der Waals surface area (Å²) in [4.78, 5) is 7.91. The Labute approximate surface area is 111 Å². The zero-order chi connectivity index (χ0) is 13.7. The van der Waals surface area contributed by atoms with Gasteiger partial charge in [0, 0.05) is 32.8 Å². The van der Waals surface area contributed by atoms with E-state index in [1.54, 1.807) is 4.68 Å². The summed E-state index contributed by atoms with van der Waals surface area (Å²) in [7, 11) is 1.86. The quantitative estimate of drug-likeness (QED) is 0.826. The van der Waals surface area contributed by atoms with Gasteiger partial charge in [-0.15, -0.1) is 0 Å². The van der Waals surface area contributed by atoms with Crippen molar-refractivity contribution in [2.24, 2.45) is 7.05 Å². The van der Waals surface area contributed by atoms with Crippen LogP contribution < -0.4 is 10.6 Å². The van der Waals surface area contributed by atoms with Gasteiger partial charge in [0.1, 0.15) is 0 Å². The van der Waals surface area contributed by atoms with Gasteiger partial charge in [0.2, 0.25) is 5.95 Å². The van der Waals surface area contributed by atoms with E-state index in [-0.39, 0.29) is 5.82 Å². The van der Waals surface area contributed by atoms with Crippen LogP contribution in [0.5, 0.6) is 0 Å². The lowest BCUT2D eigenvalue weighted by atomic mass is 10.3. The predicted molar refractivity (Wildman–Crippen MR) is 71.6 cm³/mol. The van der Waals surface area contributed by atoms with Crippen molar-refractivity contribution in [3.8, 4) is 0 Å². The van der Waals surface area contributed by atoms with Crippen molar-refractivity contribution in [1.29, 1.82) is 0 Å². The van der Waals surface area contributed by atoms with Crippen molar-refractivity contribution >= 4 is 11.8 Å². The third-order valence-electron chi connectivity index (χ3n) is 2.52. The Hall–Kier alpha value is -2.18. The average Bonchev–Trinajstić information content (AvgIpc) is 2.79. The molecule has 2 N–H and O–H groups in total. The molecule has 0 bridgehead atoms. The molecule has 2 aromatic rings. The van der Waals surface area contributed by atoms with Crippen LogP contribution in [0.1, 0.15) is 12.6 Å². The van der Waals surface area contributed by atoms with Crippen LogP contribution in [0.4, 0.5) is 16.2 Å². The first-order valence-corrected chi connectivity index (χ1v) is 6.18. The number of hydrogen-bond donors (Lipinski definition) is 2. The number of anilines is 2. The fraction of sp³-hybridized carbons (Fsp3) is 0.417. The topological polar surface area (TPSA) is 67.7 Å². The van der Waals surface area contributed by atoms with Gasteiger partial charge in [0.15, 0.2) is 11.6 Å². The predicted octanol–water partition coefficient (Wildman–Crippen LogP) is 1.44. The highest BCUT2D eigenvalue weighted by atomic mass is 19.1. The molecule has 2 rings (SSSR count). The van der Waals surface area contributed by atoms with Crippen LogP contribution in [0.3, 0.4) is 0 Å². The van der Waals surface area contributed by atoms with Gasteiger partial charge in [-0.1, -0.05) is 0 Å². The van der Waals surface area contributed by atoms with Crippen LogP contribution in [0.2, 0.25) is 0 Å². The number of hydrogen-bond acceptors (Lipinski definition) is 5. The molecule has 6 nitrogen and oxygen atoms in total. The summed E-state index contributed by atoms with van der Waals surface area (Å²) in [6, 6.07) is 1.93. The Bertz CT molecular complexity index is 539. The van der Waals surface area contributed by atoms with Gasteiger partial charge in [-0.3, -0.25) is 4.68 Å². The van der Waals surface area contributed by atoms with Gasteiger partial charge >= 0.3 is 0 Å². The molecule has 0 saturated carbocycles. The molecule has 0 unspecified atom stereocenters. The van der Waals surface area contributed by atoms with E-state index >= 15 is 0 Å². The lowest BCUT2D eigenvalue weighted by Crippen LogP contribution is -2.11. The largest absolute Gasteiger partial charge is 0.367 e. The van der Waals surface area contributed by atoms with Gasteiger partial charge in [0.25, 0.3) is 0 Å². The minimum absolute atomic E-state index is 0.210. The molecule has 0 amide bonds. The SMILES string of the molecule is CCNc1ncc(F)c(NCCc2ccn(C)n2)n1. The number of halogens is 1. The van der Waals surface area contributed by atoms with E-state index < -0.39 is 5.82 Å². The smallest absolute Gasteiger partial charge is 0.224 e. The highest BCUT2D eigenvalue weighted by molar-refractivity contribution is 5.41. The second-order valence-corrected chi connectivity index (χ2v) is 4.08. The normalized spacial score (nSPS) is 10.5. The van der Waals surface area contributed by atoms with Crippen molar-refractivity contribution in [2.75, 3.05) is 23.7 Å². The molecule has 0 aliphatic heterocycles. The highest BCUT2D eigenvalue weighted by Crippen LogP contribution is 2.11. The van der Waals surface area contributed by atoms with E-state index in [1.807, 2.05) is 26.2 Å². The molecular formula is C12H17FN6. The molecule has 0 aromatic carbocycles. The summed E-state index contributed by atoms with van der Waals surface area (Å²) in [6.45, 7) is 3.19. The molecule has 0 atom stereocenters. The van der Waals surface area contributed by atoms with E-state index in [0.29, 0.717) is 25.5 Å². The fourth-order valence-corrected chi connectivity index (χ4v) is 1.64. The lowest BCUT2D eigenvalue weighted by Gasteiger charge is -2.07. The summed E-state index contributed by atoms with van der Waals surface area (Å²) >= 11 is 0. The molecule has 2 aromatic heterocycles. The Balaban J connectivity index is 1.93. The molecule has 0 spiro atoms. The minimum Gasteiger partial charge on any atom is -0.367 e. The van der Waals surface area contributed by atoms with E-state index in [1.165, 1.54) is 0 Å². The lowest BCUT2D eigenvalue weighted by molar-refractivity contribution is 0.617. The van der Waals surface area contributed by atoms with Gasteiger partial charge in [-0.25, -0.2) is 9.37 Å². The Morgan fingerprint density at radius 3 is 2.89 bits per heavy atom. The van der Waals surface area contributed by atoms with Crippen LogP contribution in [0, 0.1) is 5.82 Å². The second-order valence-electron chi connectivity index (χ2n) is 4.08. The van der Waals surface area contributed by atoms with Crippen molar-refractivity contribution in [3.63, 3.8) is 0 Å². The number of rotatable bonds is 6. The van der Waals surface area contributed by atoms with Crippen LogP contribution in [-0.2, 0) is 13.5 Å². The van der Waals surface area contributed by atoms with Crippen LogP contribution in [-0.4, -0.2) is 32.8 Å². The highest BCUT2D eigenvalue weighted by Gasteiger charge is 2.06. The third kappa shape index (κ3) is 3.64. The van der Waals surface area contributed by atoms with Crippen molar-refractivity contribution in [2.45, 2.75) is 13.3 Å². The maximum Gasteiger partial charge on any atom is 0.224 e. The maximum atomic E-state index is 13.5. The number of nitrogens with zero attached hydrogens (tertiary/aromatic N) is 4. The number of aromatic nitrogens is 4. The fourth-order valence-electron chi connectivity index (χ4n) is 1.64. The molecule has 0 radical (unpaired) electrons. The standard InChI is InChI=1S/C12H17FN6/c1-3-14-12-16-8-10(13)11(17-12)15-6-4-9-5-7-19(2)18-9/h5,7-8H,3-4,6H2,1-2H3,(H2,14,15,16,17). The Morgan fingerprint density at radius 2 is 2.21 bits per heavy atom. The summed E-state index contributed by atoms with van der Waals surface area (Å²) in [5, 5.41) is 10.1. The van der Waals surface area contributed by atoms with Gasteiger partial charge in [-0.2, -0.15) is 10.1 Å². The van der Waals surface area contributed by atoms with E-state index in [0.717, 1.165) is 11.9 Å². The molecule has 7 heteroatoms. The average molecular weight is 264 g/mol. The number of aryl methyl sites for hydroxylation is 1. The van der Waals surface area contributed by atoms with Crippen molar-refractivity contribution in [1.82, 2.24) is 19.7 Å². The van der Waals surface area contributed by atoms with Crippen molar-refractivity contribution < 1.29 is 4.39 Å². The maximum absolute atomic E-state index is 13.5. The van der Waals surface area contributed by atoms with Gasteiger partial charge < -0.3 is 10.6 Å². The summed E-state index contributed by atoms with van der Waals surface area (Å²) in [6.07, 6.45) is 3.75. The molecule has 0 aliphatic rings. The van der Waals surface area contributed by atoms with E-state index in [4.69, 9.17) is 0 Å². The molecule has 0 aliphatic carbocycles. The Morgan fingerprint density at radius 1 is 1.37 bits per heavy atom. The first kappa shape index (κ1) is 13.3. The van der Waals surface area contributed by atoms with Crippen LogP contribution >= 0.6 is 0 Å². The Kier molecular flexibility index (Phi) is 4.27. The molecule has 19 heavy (non-hydrogen) atoms. The van der Waals surface area contributed by atoms with Crippen LogP contribution in [0.25, 0.3) is 0 Å². The zero-order valence-corrected chi connectivity index (χ0v) is 11.0. The van der Waals surface area contributed by atoms with Crippen LogP contribution in [0.15, 0.2) is 18.5 Å². The summed E-state index contributed by atoms with van der Waals surface area (Å²) < 4.78 is 15.2. The monoisotopic (exact) mass is 264 g/mol. The number of nitrogens with one attached hydrogen (secondary N) is 2. The first-order chi connectivity index (χ1) is 9.19. The van der Waals surface area contributed by atoms with Gasteiger partial charge in [-0.05, 0) is 13.0 Å². The summed E-state index contributed by atoms with van der Waals surface area (Å²) in [5.41, 5.74) is 0.955. The van der Waals surface area contributed by atoms with E-state index in [2.05, 4.69) is 25.7 Å². The molecule has 2 heterocycles. The molecule has 0 fully saturated rings.